The second-order valence-electron chi connectivity index (χ2n) is 8.57. The van der Waals surface area contributed by atoms with Crippen molar-refractivity contribution in [2.24, 2.45) is 0 Å². The molecule has 0 saturated carbocycles. The van der Waals surface area contributed by atoms with Gasteiger partial charge in [0.05, 0.1) is 22.7 Å². The third kappa shape index (κ3) is 6.31. The minimum atomic E-state index is -0.359. The summed E-state index contributed by atoms with van der Waals surface area (Å²) in [6.45, 7) is 4.86. The Kier molecular flexibility index (Phi) is 8.70. The van der Waals surface area contributed by atoms with E-state index in [4.69, 9.17) is 14.5 Å². The SMILES string of the molecule is CCOC(C)c1cccc2[nH]c(COc3cccc(C=CC(=O)c4cc(-c5nnn[nH]5)ccc4O)c3)nc12.Cl. The molecular weight excluding hydrogens is 520 g/mol. The van der Waals surface area contributed by atoms with Crippen molar-refractivity contribution in [1.29, 1.82) is 0 Å². The fourth-order valence-electron chi connectivity index (χ4n) is 4.13. The van der Waals surface area contributed by atoms with Crippen molar-refractivity contribution in [2.75, 3.05) is 6.61 Å². The van der Waals surface area contributed by atoms with Crippen molar-refractivity contribution in [1.82, 2.24) is 30.6 Å². The maximum atomic E-state index is 12.8. The third-order valence-electron chi connectivity index (χ3n) is 5.99. The zero-order valence-electron chi connectivity index (χ0n) is 21.3. The van der Waals surface area contributed by atoms with E-state index in [1.807, 2.05) is 56.3 Å². The van der Waals surface area contributed by atoms with Crippen LogP contribution in [0.4, 0.5) is 0 Å². The van der Waals surface area contributed by atoms with Crippen LogP contribution in [0.5, 0.6) is 11.5 Å². The van der Waals surface area contributed by atoms with E-state index in [0.29, 0.717) is 29.6 Å². The van der Waals surface area contributed by atoms with Crippen molar-refractivity contribution in [3.8, 4) is 22.9 Å². The van der Waals surface area contributed by atoms with Gasteiger partial charge in [-0.3, -0.25) is 4.79 Å². The van der Waals surface area contributed by atoms with Gasteiger partial charge in [-0.25, -0.2) is 10.1 Å². The lowest BCUT2D eigenvalue weighted by molar-refractivity contribution is 0.0773. The largest absolute Gasteiger partial charge is 0.507 e. The molecule has 0 aliphatic heterocycles. The lowest BCUT2D eigenvalue weighted by Crippen LogP contribution is -2.00. The fourth-order valence-corrected chi connectivity index (χ4v) is 4.13. The molecule has 200 valence electrons. The number of rotatable bonds is 10. The van der Waals surface area contributed by atoms with E-state index in [0.717, 1.165) is 22.2 Å². The molecule has 5 rings (SSSR count). The predicted octanol–water partition coefficient (Wildman–Crippen LogP) is 5.44. The Morgan fingerprint density at radius 1 is 1.13 bits per heavy atom. The number of fused-ring (bicyclic) bond motifs is 1. The number of nitrogens with one attached hydrogen (secondary N) is 2. The molecule has 0 aliphatic carbocycles. The minimum Gasteiger partial charge on any atom is -0.507 e. The monoisotopic (exact) mass is 546 g/mol. The highest BCUT2D eigenvalue weighted by atomic mass is 35.5. The number of phenolic OH excluding ortho intramolecular Hbond substituents is 1. The second kappa shape index (κ2) is 12.3. The molecule has 11 heteroatoms. The smallest absolute Gasteiger partial charge is 0.189 e. The molecule has 1 unspecified atom stereocenters. The number of ketones is 1. The van der Waals surface area contributed by atoms with E-state index < -0.39 is 0 Å². The van der Waals surface area contributed by atoms with Crippen molar-refractivity contribution in [2.45, 2.75) is 26.6 Å². The molecule has 2 heterocycles. The topological polar surface area (TPSA) is 139 Å². The Morgan fingerprint density at radius 2 is 1.97 bits per heavy atom. The van der Waals surface area contributed by atoms with E-state index in [1.54, 1.807) is 12.1 Å². The number of benzene rings is 3. The van der Waals surface area contributed by atoms with Crippen LogP contribution in [-0.2, 0) is 11.3 Å². The first kappa shape index (κ1) is 27.5. The van der Waals surface area contributed by atoms with Gasteiger partial charge in [-0.15, -0.1) is 17.5 Å². The number of tetrazole rings is 1. The van der Waals surface area contributed by atoms with E-state index >= 15 is 0 Å². The minimum absolute atomic E-state index is 0. The van der Waals surface area contributed by atoms with Gasteiger partial charge in [0.1, 0.15) is 23.9 Å². The van der Waals surface area contributed by atoms with Gasteiger partial charge in [-0.05, 0) is 72.3 Å². The molecular formula is C28H27ClN6O4. The van der Waals surface area contributed by atoms with Crippen molar-refractivity contribution in [3.63, 3.8) is 0 Å². The number of para-hydroxylation sites is 1. The number of halogens is 1. The quantitative estimate of drug-likeness (QED) is 0.155. The number of hydrogen-bond acceptors (Lipinski definition) is 8. The summed E-state index contributed by atoms with van der Waals surface area (Å²) in [5, 5.41) is 23.7. The number of H-pyrrole nitrogens is 2. The number of carbonyl (C=O) groups excluding carboxylic acids is 1. The van der Waals surface area contributed by atoms with E-state index in [-0.39, 0.29) is 42.2 Å². The molecule has 0 bridgehead atoms. The van der Waals surface area contributed by atoms with Gasteiger partial charge in [0.25, 0.3) is 0 Å². The van der Waals surface area contributed by atoms with Crippen molar-refractivity contribution >= 4 is 35.3 Å². The van der Waals surface area contributed by atoms with Gasteiger partial charge >= 0.3 is 0 Å². The van der Waals surface area contributed by atoms with Crippen molar-refractivity contribution < 1.29 is 19.4 Å². The molecule has 39 heavy (non-hydrogen) atoms. The summed E-state index contributed by atoms with van der Waals surface area (Å²) in [5.74, 6) is 1.24. The standard InChI is InChI=1S/C28H26N6O4.ClH/c1-3-37-17(2)21-8-5-9-23-27(21)30-26(29-23)16-38-20-7-4-6-18(14-20)10-12-24(35)22-15-19(11-13-25(22)36)28-31-33-34-32-28;/h4-15,17,36H,3,16H2,1-2H3,(H,29,30)(H,31,32,33,34);1H. The second-order valence-corrected chi connectivity index (χ2v) is 8.57. The maximum absolute atomic E-state index is 12.8. The average Bonchev–Trinajstić information content (AvgIpc) is 3.61. The third-order valence-corrected chi connectivity index (χ3v) is 5.99. The number of aromatic amines is 2. The van der Waals surface area contributed by atoms with Crippen LogP contribution in [0, 0.1) is 0 Å². The Labute approximate surface area is 230 Å². The average molecular weight is 547 g/mol. The molecule has 3 N–H and O–H groups in total. The first-order chi connectivity index (χ1) is 18.5. The van der Waals surface area contributed by atoms with Crippen LogP contribution in [0.25, 0.3) is 28.5 Å². The number of allylic oxidation sites excluding steroid dienone is 1. The molecule has 0 radical (unpaired) electrons. The number of nitrogens with zero attached hydrogens (tertiary/aromatic N) is 4. The Morgan fingerprint density at radius 3 is 2.77 bits per heavy atom. The lowest BCUT2D eigenvalue weighted by Gasteiger charge is -2.11. The molecule has 0 saturated heterocycles. The van der Waals surface area contributed by atoms with Crippen LogP contribution in [0.1, 0.15) is 47.3 Å². The molecule has 0 fully saturated rings. The molecule has 0 amide bonds. The maximum Gasteiger partial charge on any atom is 0.189 e. The highest BCUT2D eigenvalue weighted by Gasteiger charge is 2.14. The Bertz CT molecular complexity index is 1600. The lowest BCUT2D eigenvalue weighted by atomic mass is 10.0. The Balaban J connectivity index is 0.00000353. The summed E-state index contributed by atoms with van der Waals surface area (Å²) in [6, 6.07) is 17.9. The Hall–Kier alpha value is -4.54. The van der Waals surface area contributed by atoms with Crippen LogP contribution < -0.4 is 4.74 Å². The zero-order chi connectivity index (χ0) is 26.5. The predicted molar refractivity (Wildman–Crippen MR) is 149 cm³/mol. The van der Waals surface area contributed by atoms with Gasteiger partial charge in [0.15, 0.2) is 11.6 Å². The van der Waals surface area contributed by atoms with Crippen LogP contribution in [0.2, 0.25) is 0 Å². The van der Waals surface area contributed by atoms with Crippen LogP contribution in [0.3, 0.4) is 0 Å². The summed E-state index contributed by atoms with van der Waals surface area (Å²) in [4.78, 5) is 20.8. The number of aromatic hydroxyl groups is 1. The van der Waals surface area contributed by atoms with Gasteiger partial charge in [-0.2, -0.15) is 0 Å². The number of ether oxygens (including phenoxy) is 2. The molecule has 0 spiro atoms. The summed E-state index contributed by atoms with van der Waals surface area (Å²) < 4.78 is 11.7. The summed E-state index contributed by atoms with van der Waals surface area (Å²) in [7, 11) is 0. The van der Waals surface area contributed by atoms with E-state index in [9.17, 15) is 9.90 Å². The molecule has 2 aromatic heterocycles. The summed E-state index contributed by atoms with van der Waals surface area (Å²) in [6.07, 6.45) is 3.01. The molecule has 10 nitrogen and oxygen atoms in total. The van der Waals surface area contributed by atoms with Crippen LogP contribution >= 0.6 is 12.4 Å². The van der Waals surface area contributed by atoms with Crippen LogP contribution in [0.15, 0.2) is 66.7 Å². The van der Waals surface area contributed by atoms with Crippen molar-refractivity contribution in [3.05, 3.63) is 89.3 Å². The first-order valence-electron chi connectivity index (χ1n) is 12.1. The molecule has 0 aliphatic rings. The number of hydrogen-bond donors (Lipinski definition) is 3. The normalized spacial score (nSPS) is 11.9. The fraction of sp³-hybridized carbons (Fsp3) is 0.179. The first-order valence-corrected chi connectivity index (χ1v) is 12.1. The van der Waals surface area contributed by atoms with E-state index in [1.165, 1.54) is 18.2 Å². The van der Waals surface area contributed by atoms with Gasteiger partial charge < -0.3 is 19.6 Å². The summed E-state index contributed by atoms with van der Waals surface area (Å²) in [5.41, 5.74) is 4.32. The zero-order valence-corrected chi connectivity index (χ0v) is 22.1. The highest BCUT2D eigenvalue weighted by molar-refractivity contribution is 6.09. The van der Waals surface area contributed by atoms with Crippen LogP contribution in [-0.4, -0.2) is 48.1 Å². The number of aromatic nitrogens is 6. The summed E-state index contributed by atoms with van der Waals surface area (Å²) >= 11 is 0. The molecule has 5 aromatic rings. The van der Waals surface area contributed by atoms with Gasteiger partial charge in [0.2, 0.25) is 0 Å². The van der Waals surface area contributed by atoms with Gasteiger partial charge in [-0.1, -0.05) is 30.3 Å². The molecule has 1 atom stereocenters. The van der Waals surface area contributed by atoms with Gasteiger partial charge in [0, 0.05) is 17.7 Å². The number of imidazole rings is 1. The number of phenols is 1. The van der Waals surface area contributed by atoms with E-state index in [2.05, 4.69) is 25.6 Å². The highest BCUT2D eigenvalue weighted by Crippen LogP contribution is 2.26. The number of carbonyl (C=O) groups is 1. The molecule has 3 aromatic carbocycles.